The van der Waals surface area contributed by atoms with Crippen LogP contribution in [0.25, 0.3) is 16.7 Å². The lowest BCUT2D eigenvalue weighted by Gasteiger charge is -2.04. The predicted octanol–water partition coefficient (Wildman–Crippen LogP) is 0.285. The maximum Gasteiger partial charge on any atom is 0.261 e. The molecule has 0 spiro atoms. The van der Waals surface area contributed by atoms with Crippen LogP contribution in [0.5, 0.6) is 0 Å². The van der Waals surface area contributed by atoms with Gasteiger partial charge in [-0.2, -0.15) is 14.6 Å². The van der Waals surface area contributed by atoms with Crippen LogP contribution >= 0.6 is 0 Å². The molecule has 3 aromatic rings. The third-order valence-corrected chi connectivity index (χ3v) is 2.63. The third-order valence-electron chi connectivity index (χ3n) is 2.63. The summed E-state index contributed by atoms with van der Waals surface area (Å²) < 4.78 is 3.10. The second-order valence-electron chi connectivity index (χ2n) is 3.66. The van der Waals surface area contributed by atoms with Gasteiger partial charge >= 0.3 is 0 Å². The van der Waals surface area contributed by atoms with E-state index in [9.17, 15) is 4.79 Å². The van der Waals surface area contributed by atoms with Crippen molar-refractivity contribution in [3.05, 3.63) is 34.6 Å². The summed E-state index contributed by atoms with van der Waals surface area (Å²) in [6, 6.07) is 1.84. The lowest BCUT2D eigenvalue weighted by atomic mass is 10.2. The van der Waals surface area contributed by atoms with E-state index < -0.39 is 0 Å². The van der Waals surface area contributed by atoms with Gasteiger partial charge < -0.3 is 4.57 Å². The second kappa shape index (κ2) is 2.88. The van der Waals surface area contributed by atoms with Crippen molar-refractivity contribution < 1.29 is 0 Å². The summed E-state index contributed by atoms with van der Waals surface area (Å²) in [5.41, 5.74) is 1.35. The lowest BCUT2D eigenvalue weighted by Crippen LogP contribution is -2.18. The lowest BCUT2D eigenvalue weighted by molar-refractivity contribution is 0.862. The Bertz CT molecular complexity index is 755. The summed E-state index contributed by atoms with van der Waals surface area (Å²) in [4.78, 5) is 20.2. The number of aromatic nitrogens is 5. The first kappa shape index (κ1) is 9.02. The molecule has 0 fully saturated rings. The van der Waals surface area contributed by atoms with E-state index in [1.54, 1.807) is 24.7 Å². The quantitative estimate of drug-likeness (QED) is 0.540. The Labute approximate surface area is 90.2 Å². The Morgan fingerprint density at radius 2 is 2.19 bits per heavy atom. The molecule has 0 amide bonds. The second-order valence-corrected chi connectivity index (χ2v) is 3.66. The van der Waals surface area contributed by atoms with Gasteiger partial charge in [-0.15, -0.1) is 0 Å². The van der Waals surface area contributed by atoms with Gasteiger partial charge in [0, 0.05) is 13.2 Å². The minimum absolute atomic E-state index is 0.0695. The number of nitrogens with zero attached hydrogens (tertiary/aromatic N) is 5. The zero-order valence-electron chi connectivity index (χ0n) is 8.88. The molecule has 3 heterocycles. The van der Waals surface area contributed by atoms with E-state index in [0.29, 0.717) is 16.9 Å². The summed E-state index contributed by atoms with van der Waals surface area (Å²) in [5, 5.41) is 4.64. The van der Waals surface area contributed by atoms with Gasteiger partial charge in [0.05, 0.1) is 16.6 Å². The first-order valence-corrected chi connectivity index (χ1v) is 4.84. The number of aryl methyl sites for hydroxylation is 2. The van der Waals surface area contributed by atoms with E-state index in [-0.39, 0.29) is 5.56 Å². The maximum absolute atomic E-state index is 12.0. The normalized spacial score (nSPS) is 11.4. The molecular formula is C10H9N5O. The van der Waals surface area contributed by atoms with E-state index in [4.69, 9.17) is 0 Å². The zero-order valence-corrected chi connectivity index (χ0v) is 8.88. The molecule has 0 N–H and O–H groups in total. The fraction of sp³-hybridized carbons (Fsp3) is 0.200. The number of pyridine rings is 1. The van der Waals surface area contributed by atoms with Gasteiger partial charge in [-0.3, -0.25) is 4.79 Å². The molecule has 80 valence electrons. The van der Waals surface area contributed by atoms with Crippen LogP contribution in [0.4, 0.5) is 0 Å². The summed E-state index contributed by atoms with van der Waals surface area (Å²) in [5.74, 6) is 0.512. The fourth-order valence-corrected chi connectivity index (χ4v) is 1.82. The van der Waals surface area contributed by atoms with Crippen molar-refractivity contribution in [2.75, 3.05) is 0 Å². The fourth-order valence-electron chi connectivity index (χ4n) is 1.82. The standard InChI is InChI=1S/C10H9N5O/c1-6-8-7(3-4-14(2)9(8)16)15-10(13-6)11-5-12-15/h3-5H,1-2H3. The molecule has 0 radical (unpaired) electrons. The molecule has 0 saturated carbocycles. The molecule has 16 heavy (non-hydrogen) atoms. The van der Waals surface area contributed by atoms with Crippen LogP contribution in [0.2, 0.25) is 0 Å². The van der Waals surface area contributed by atoms with Gasteiger partial charge in [-0.25, -0.2) is 4.98 Å². The monoisotopic (exact) mass is 215 g/mol. The Morgan fingerprint density at radius 3 is 3.00 bits per heavy atom. The number of rotatable bonds is 0. The minimum Gasteiger partial charge on any atom is -0.318 e. The Hall–Kier alpha value is -2.24. The molecule has 0 unspecified atom stereocenters. The predicted molar refractivity (Wildman–Crippen MR) is 58.3 cm³/mol. The number of hydrogen-bond donors (Lipinski definition) is 0. The van der Waals surface area contributed by atoms with Crippen LogP contribution in [-0.2, 0) is 7.05 Å². The highest BCUT2D eigenvalue weighted by Gasteiger charge is 2.10. The van der Waals surface area contributed by atoms with Crippen molar-refractivity contribution in [1.29, 1.82) is 0 Å². The van der Waals surface area contributed by atoms with E-state index in [1.807, 2.05) is 6.07 Å². The molecule has 0 aliphatic rings. The van der Waals surface area contributed by atoms with Crippen LogP contribution < -0.4 is 5.56 Å². The first-order chi connectivity index (χ1) is 7.68. The molecule has 0 aromatic carbocycles. The molecule has 6 nitrogen and oxygen atoms in total. The SMILES string of the molecule is Cc1nc2ncnn2c2ccn(C)c(=O)c12. The Balaban J connectivity index is 2.71. The maximum atomic E-state index is 12.0. The smallest absolute Gasteiger partial charge is 0.261 e. The molecule has 3 rings (SSSR count). The highest BCUT2D eigenvalue weighted by Crippen LogP contribution is 2.12. The average molecular weight is 215 g/mol. The number of hydrogen-bond acceptors (Lipinski definition) is 4. The number of fused-ring (bicyclic) bond motifs is 3. The average Bonchev–Trinajstić information content (AvgIpc) is 2.70. The van der Waals surface area contributed by atoms with Crippen molar-refractivity contribution in [1.82, 2.24) is 24.1 Å². The molecule has 0 bridgehead atoms. The highest BCUT2D eigenvalue weighted by molar-refractivity contribution is 5.81. The van der Waals surface area contributed by atoms with Gasteiger partial charge in [0.15, 0.2) is 0 Å². The van der Waals surface area contributed by atoms with Crippen molar-refractivity contribution in [3.8, 4) is 0 Å². The van der Waals surface area contributed by atoms with Crippen molar-refractivity contribution in [2.45, 2.75) is 6.92 Å². The van der Waals surface area contributed by atoms with Crippen molar-refractivity contribution >= 4 is 16.7 Å². The highest BCUT2D eigenvalue weighted by atomic mass is 16.1. The van der Waals surface area contributed by atoms with Gasteiger partial charge in [0.2, 0.25) is 0 Å². The summed E-state index contributed by atoms with van der Waals surface area (Å²) in [6.07, 6.45) is 3.14. The van der Waals surface area contributed by atoms with Crippen LogP contribution in [0.15, 0.2) is 23.4 Å². The van der Waals surface area contributed by atoms with E-state index in [1.165, 1.54) is 10.9 Å². The van der Waals surface area contributed by atoms with E-state index in [0.717, 1.165) is 5.52 Å². The summed E-state index contributed by atoms with van der Waals surface area (Å²) in [7, 11) is 1.72. The summed E-state index contributed by atoms with van der Waals surface area (Å²) in [6.45, 7) is 1.80. The third kappa shape index (κ3) is 1.01. The van der Waals surface area contributed by atoms with Crippen LogP contribution in [0, 0.1) is 6.92 Å². The van der Waals surface area contributed by atoms with E-state index >= 15 is 0 Å². The van der Waals surface area contributed by atoms with Crippen LogP contribution in [0.3, 0.4) is 0 Å². The first-order valence-electron chi connectivity index (χ1n) is 4.84. The molecule has 0 aliphatic carbocycles. The molecule has 0 aliphatic heterocycles. The minimum atomic E-state index is -0.0695. The van der Waals surface area contributed by atoms with E-state index in [2.05, 4.69) is 15.1 Å². The van der Waals surface area contributed by atoms with Crippen molar-refractivity contribution in [2.24, 2.45) is 7.05 Å². The van der Waals surface area contributed by atoms with Gasteiger partial charge in [0.1, 0.15) is 6.33 Å². The molecular weight excluding hydrogens is 206 g/mol. The summed E-state index contributed by atoms with van der Waals surface area (Å²) >= 11 is 0. The zero-order chi connectivity index (χ0) is 11.3. The van der Waals surface area contributed by atoms with Crippen LogP contribution in [0.1, 0.15) is 5.69 Å². The van der Waals surface area contributed by atoms with Gasteiger partial charge in [-0.1, -0.05) is 0 Å². The molecule has 0 saturated heterocycles. The Morgan fingerprint density at radius 1 is 1.38 bits per heavy atom. The van der Waals surface area contributed by atoms with Crippen molar-refractivity contribution in [3.63, 3.8) is 0 Å². The molecule has 6 heteroatoms. The Kier molecular flexibility index (Phi) is 1.62. The van der Waals surface area contributed by atoms with Gasteiger partial charge in [-0.05, 0) is 13.0 Å². The largest absolute Gasteiger partial charge is 0.318 e. The topological polar surface area (TPSA) is 65.1 Å². The van der Waals surface area contributed by atoms with Gasteiger partial charge in [0.25, 0.3) is 11.3 Å². The molecule has 3 aromatic heterocycles. The molecule has 0 atom stereocenters. The van der Waals surface area contributed by atoms with Crippen LogP contribution in [-0.4, -0.2) is 24.1 Å².